The summed E-state index contributed by atoms with van der Waals surface area (Å²) in [4.78, 5) is 7.22. The fourth-order valence-electron chi connectivity index (χ4n) is 3.82. The van der Waals surface area contributed by atoms with Crippen LogP contribution in [-0.2, 0) is 4.74 Å². The third-order valence-corrected chi connectivity index (χ3v) is 5.31. The molecule has 134 valence electrons. The second-order valence-electron chi connectivity index (χ2n) is 7.44. The summed E-state index contributed by atoms with van der Waals surface area (Å²) in [6, 6.07) is 5.26. The monoisotopic (exact) mass is 332 g/mol. The van der Waals surface area contributed by atoms with Crippen molar-refractivity contribution in [1.29, 1.82) is 0 Å². The van der Waals surface area contributed by atoms with Crippen LogP contribution in [-0.4, -0.2) is 42.4 Å². The lowest BCUT2D eigenvalue weighted by atomic mass is 9.91. The Morgan fingerprint density at radius 1 is 1.25 bits per heavy atom. The van der Waals surface area contributed by atoms with Gasteiger partial charge in [0.05, 0.1) is 23.6 Å². The lowest BCUT2D eigenvalue weighted by Crippen LogP contribution is -2.46. The van der Waals surface area contributed by atoms with E-state index in [9.17, 15) is 0 Å². The molecule has 3 N–H and O–H groups in total. The lowest BCUT2D eigenvalue weighted by Gasteiger charge is -2.37. The number of hydrogen-bond acceptors (Lipinski definition) is 5. The van der Waals surface area contributed by atoms with Crippen molar-refractivity contribution in [3.63, 3.8) is 0 Å². The normalized spacial score (nSPS) is 31.1. The van der Waals surface area contributed by atoms with Crippen LogP contribution in [0.2, 0.25) is 0 Å². The standard InChI is InChI=1S/C19H32N4O/c1-4-17-12-23(11-13(2)24-17)19-10-9-18(14(3)21-19)22-16-7-5-15(20)6-8-16/h9-10,13,15-17,22H,4-8,11-12,20H2,1-3H3. The van der Waals surface area contributed by atoms with Crippen LogP contribution in [0.1, 0.15) is 51.6 Å². The Morgan fingerprint density at radius 2 is 2.00 bits per heavy atom. The molecule has 2 fully saturated rings. The van der Waals surface area contributed by atoms with Crippen LogP contribution in [0.3, 0.4) is 0 Å². The number of ether oxygens (including phenoxy) is 1. The Kier molecular flexibility index (Phi) is 5.61. The summed E-state index contributed by atoms with van der Waals surface area (Å²) in [7, 11) is 0. The van der Waals surface area contributed by atoms with Crippen molar-refractivity contribution in [2.75, 3.05) is 23.3 Å². The smallest absolute Gasteiger partial charge is 0.129 e. The molecule has 2 unspecified atom stereocenters. The summed E-state index contributed by atoms with van der Waals surface area (Å²) in [5.41, 5.74) is 8.24. The average molecular weight is 332 g/mol. The summed E-state index contributed by atoms with van der Waals surface area (Å²) in [5.74, 6) is 1.07. The molecule has 1 aliphatic heterocycles. The van der Waals surface area contributed by atoms with E-state index in [1.165, 1.54) is 0 Å². The molecule has 3 rings (SSSR count). The molecule has 1 aromatic heterocycles. The summed E-state index contributed by atoms with van der Waals surface area (Å²) < 4.78 is 5.96. The van der Waals surface area contributed by atoms with E-state index in [0.29, 0.717) is 18.2 Å². The molecule has 0 bridgehead atoms. The summed E-state index contributed by atoms with van der Waals surface area (Å²) >= 11 is 0. The minimum atomic E-state index is 0.259. The van der Waals surface area contributed by atoms with Gasteiger partial charge in [0.15, 0.2) is 0 Å². The molecular formula is C19H32N4O. The van der Waals surface area contributed by atoms with E-state index in [-0.39, 0.29) is 6.10 Å². The average Bonchev–Trinajstić information content (AvgIpc) is 2.58. The van der Waals surface area contributed by atoms with Crippen molar-refractivity contribution < 1.29 is 4.74 Å². The first-order valence-electron chi connectivity index (χ1n) is 9.45. The van der Waals surface area contributed by atoms with Crippen molar-refractivity contribution in [2.45, 2.75) is 77.2 Å². The van der Waals surface area contributed by atoms with Crippen LogP contribution in [0.4, 0.5) is 11.5 Å². The van der Waals surface area contributed by atoms with Crippen LogP contribution in [0.15, 0.2) is 12.1 Å². The number of nitrogens with zero attached hydrogens (tertiary/aromatic N) is 2. The first-order valence-corrected chi connectivity index (χ1v) is 9.45. The van der Waals surface area contributed by atoms with Gasteiger partial charge in [-0.1, -0.05) is 6.92 Å². The van der Waals surface area contributed by atoms with Gasteiger partial charge in [0, 0.05) is 25.2 Å². The first-order chi connectivity index (χ1) is 11.5. The number of aromatic nitrogens is 1. The van der Waals surface area contributed by atoms with Crippen molar-refractivity contribution in [2.24, 2.45) is 5.73 Å². The van der Waals surface area contributed by atoms with Gasteiger partial charge in [-0.3, -0.25) is 0 Å². The zero-order chi connectivity index (χ0) is 17.1. The van der Waals surface area contributed by atoms with E-state index in [2.05, 4.69) is 43.1 Å². The van der Waals surface area contributed by atoms with Gasteiger partial charge in [-0.2, -0.15) is 0 Å². The van der Waals surface area contributed by atoms with Crippen LogP contribution >= 0.6 is 0 Å². The number of nitrogens with one attached hydrogen (secondary N) is 1. The Morgan fingerprint density at radius 3 is 2.67 bits per heavy atom. The molecule has 1 aliphatic carbocycles. The highest BCUT2D eigenvalue weighted by Crippen LogP contribution is 2.26. The molecule has 5 heteroatoms. The van der Waals surface area contributed by atoms with Gasteiger partial charge in [-0.15, -0.1) is 0 Å². The van der Waals surface area contributed by atoms with E-state index < -0.39 is 0 Å². The minimum absolute atomic E-state index is 0.259. The van der Waals surface area contributed by atoms with E-state index in [0.717, 1.165) is 62.4 Å². The molecule has 0 spiro atoms. The summed E-state index contributed by atoms with van der Waals surface area (Å²) in [5, 5.41) is 3.67. The maximum Gasteiger partial charge on any atom is 0.129 e. The van der Waals surface area contributed by atoms with Gasteiger partial charge in [0.2, 0.25) is 0 Å². The molecule has 2 atom stereocenters. The molecule has 0 aromatic carbocycles. The predicted molar refractivity (Wildman–Crippen MR) is 99.7 cm³/mol. The third kappa shape index (κ3) is 4.19. The van der Waals surface area contributed by atoms with Gasteiger partial charge in [0.25, 0.3) is 0 Å². The highest BCUT2D eigenvalue weighted by atomic mass is 16.5. The van der Waals surface area contributed by atoms with Gasteiger partial charge < -0.3 is 20.7 Å². The number of hydrogen-bond donors (Lipinski definition) is 2. The molecule has 1 aromatic rings. The van der Waals surface area contributed by atoms with Crippen molar-refractivity contribution >= 4 is 11.5 Å². The number of pyridine rings is 1. The van der Waals surface area contributed by atoms with Gasteiger partial charge in [-0.25, -0.2) is 4.98 Å². The molecule has 0 amide bonds. The van der Waals surface area contributed by atoms with Crippen LogP contribution < -0.4 is 16.0 Å². The number of anilines is 2. The zero-order valence-corrected chi connectivity index (χ0v) is 15.3. The van der Waals surface area contributed by atoms with Gasteiger partial charge in [-0.05, 0) is 58.1 Å². The molecule has 2 aliphatic rings. The number of rotatable bonds is 4. The molecule has 24 heavy (non-hydrogen) atoms. The Bertz CT molecular complexity index is 542. The second kappa shape index (κ2) is 7.70. The van der Waals surface area contributed by atoms with E-state index in [1.807, 2.05) is 0 Å². The van der Waals surface area contributed by atoms with Gasteiger partial charge in [0.1, 0.15) is 5.82 Å². The van der Waals surface area contributed by atoms with Crippen molar-refractivity contribution in [3.05, 3.63) is 17.8 Å². The summed E-state index contributed by atoms with van der Waals surface area (Å²) in [6.07, 6.45) is 6.15. The molecule has 2 heterocycles. The Labute approximate surface area is 146 Å². The Hall–Kier alpha value is -1.33. The van der Waals surface area contributed by atoms with E-state index >= 15 is 0 Å². The number of morpholine rings is 1. The van der Waals surface area contributed by atoms with Crippen molar-refractivity contribution in [3.8, 4) is 0 Å². The minimum Gasteiger partial charge on any atom is -0.381 e. The molecule has 1 saturated heterocycles. The highest BCUT2D eigenvalue weighted by Gasteiger charge is 2.25. The lowest BCUT2D eigenvalue weighted by molar-refractivity contribution is -0.0174. The highest BCUT2D eigenvalue weighted by molar-refractivity contribution is 5.54. The summed E-state index contributed by atoms with van der Waals surface area (Å²) in [6.45, 7) is 8.27. The molecule has 1 saturated carbocycles. The largest absolute Gasteiger partial charge is 0.381 e. The Balaban J connectivity index is 1.66. The number of nitrogens with two attached hydrogens (primary N) is 1. The maximum atomic E-state index is 6.00. The topological polar surface area (TPSA) is 63.4 Å². The fraction of sp³-hybridized carbons (Fsp3) is 0.737. The predicted octanol–water partition coefficient (Wildman–Crippen LogP) is 3.08. The van der Waals surface area contributed by atoms with Gasteiger partial charge >= 0.3 is 0 Å². The maximum absolute atomic E-state index is 6.00. The van der Waals surface area contributed by atoms with E-state index in [1.54, 1.807) is 0 Å². The molecular weight excluding hydrogens is 300 g/mol. The quantitative estimate of drug-likeness (QED) is 0.887. The molecule has 0 radical (unpaired) electrons. The van der Waals surface area contributed by atoms with Crippen LogP contribution in [0.25, 0.3) is 0 Å². The van der Waals surface area contributed by atoms with Crippen LogP contribution in [0.5, 0.6) is 0 Å². The third-order valence-electron chi connectivity index (χ3n) is 5.31. The molecule has 5 nitrogen and oxygen atoms in total. The zero-order valence-electron chi connectivity index (χ0n) is 15.3. The number of aryl methyl sites for hydroxylation is 1. The van der Waals surface area contributed by atoms with Crippen molar-refractivity contribution in [1.82, 2.24) is 4.98 Å². The first kappa shape index (κ1) is 17.5. The second-order valence-corrected chi connectivity index (χ2v) is 7.44. The SMILES string of the molecule is CCC1CN(c2ccc(NC3CCC(N)CC3)c(C)n2)CC(C)O1. The van der Waals surface area contributed by atoms with Crippen LogP contribution in [0, 0.1) is 6.92 Å². The van der Waals surface area contributed by atoms with E-state index in [4.69, 9.17) is 15.5 Å². The fourth-order valence-corrected chi connectivity index (χ4v) is 3.82.